The number of ether oxygens (including phenoxy) is 1. The Balaban J connectivity index is 2.38. The van der Waals surface area contributed by atoms with Crippen LogP contribution in [0.25, 0.3) is 0 Å². The molecular formula is C14H12Cl2O2. The predicted molar refractivity (Wildman–Crippen MR) is 73.6 cm³/mol. The lowest BCUT2D eigenvalue weighted by Gasteiger charge is -2.12. The number of aliphatic hydroxyl groups is 1. The van der Waals surface area contributed by atoms with Gasteiger partial charge in [0.15, 0.2) is 0 Å². The quantitative estimate of drug-likeness (QED) is 0.893. The number of halogens is 2. The van der Waals surface area contributed by atoms with Crippen molar-refractivity contribution in [3.8, 4) is 11.5 Å². The highest BCUT2D eigenvalue weighted by Gasteiger charge is 2.08. The summed E-state index contributed by atoms with van der Waals surface area (Å²) in [5.74, 6) is 1.19. The van der Waals surface area contributed by atoms with Crippen LogP contribution in [0.15, 0.2) is 36.4 Å². The predicted octanol–water partition coefficient (Wildman–Crippen LogP) is 4.59. The molecule has 0 saturated heterocycles. The van der Waals surface area contributed by atoms with Gasteiger partial charge in [-0.3, -0.25) is 0 Å². The molecule has 2 nitrogen and oxygen atoms in total. The molecule has 4 heteroatoms. The van der Waals surface area contributed by atoms with E-state index in [0.29, 0.717) is 27.1 Å². The molecule has 0 spiro atoms. The molecule has 0 amide bonds. The Morgan fingerprint density at radius 1 is 1.00 bits per heavy atom. The first-order valence-electron chi connectivity index (χ1n) is 5.43. The van der Waals surface area contributed by atoms with E-state index in [4.69, 9.17) is 27.9 Å². The third kappa shape index (κ3) is 2.96. The molecule has 0 unspecified atom stereocenters. The smallest absolute Gasteiger partial charge is 0.134 e. The van der Waals surface area contributed by atoms with Gasteiger partial charge in [0.2, 0.25) is 0 Å². The minimum Gasteiger partial charge on any atom is -0.457 e. The highest BCUT2D eigenvalue weighted by molar-refractivity contribution is 6.31. The second kappa shape index (κ2) is 5.61. The molecule has 2 rings (SSSR count). The molecule has 94 valence electrons. The van der Waals surface area contributed by atoms with Gasteiger partial charge in [-0.2, -0.15) is 0 Å². The maximum atomic E-state index is 9.26. The Hall–Kier alpha value is -1.22. The molecule has 2 aromatic carbocycles. The van der Waals surface area contributed by atoms with Gasteiger partial charge in [-0.05, 0) is 36.8 Å². The highest BCUT2D eigenvalue weighted by Crippen LogP contribution is 2.31. The molecule has 0 aliphatic carbocycles. The lowest BCUT2D eigenvalue weighted by Crippen LogP contribution is -1.93. The molecule has 0 aliphatic heterocycles. The van der Waals surface area contributed by atoms with Gasteiger partial charge in [0, 0.05) is 15.6 Å². The van der Waals surface area contributed by atoms with Crippen LogP contribution in [-0.2, 0) is 6.61 Å². The first kappa shape index (κ1) is 13.2. The van der Waals surface area contributed by atoms with Crippen molar-refractivity contribution in [1.82, 2.24) is 0 Å². The minimum atomic E-state index is -0.105. The van der Waals surface area contributed by atoms with E-state index in [9.17, 15) is 5.11 Å². The summed E-state index contributed by atoms with van der Waals surface area (Å²) in [6.45, 7) is 1.82. The first-order valence-corrected chi connectivity index (χ1v) is 6.19. The Labute approximate surface area is 116 Å². The molecule has 0 aromatic heterocycles. The van der Waals surface area contributed by atoms with Gasteiger partial charge < -0.3 is 9.84 Å². The van der Waals surface area contributed by atoms with Crippen LogP contribution in [0.5, 0.6) is 11.5 Å². The van der Waals surface area contributed by atoms with Gasteiger partial charge in [-0.15, -0.1) is 0 Å². The van der Waals surface area contributed by atoms with Gasteiger partial charge >= 0.3 is 0 Å². The number of aryl methyl sites for hydroxylation is 1. The van der Waals surface area contributed by atoms with Gasteiger partial charge in [-0.1, -0.05) is 35.3 Å². The Morgan fingerprint density at radius 3 is 2.28 bits per heavy atom. The Kier molecular flexibility index (Phi) is 4.12. The topological polar surface area (TPSA) is 29.5 Å². The Bertz CT molecular complexity index is 568. The van der Waals surface area contributed by atoms with E-state index in [0.717, 1.165) is 5.56 Å². The van der Waals surface area contributed by atoms with E-state index in [-0.39, 0.29) is 6.61 Å². The van der Waals surface area contributed by atoms with Crippen molar-refractivity contribution in [3.63, 3.8) is 0 Å². The summed E-state index contributed by atoms with van der Waals surface area (Å²) in [6.07, 6.45) is 0. The number of hydrogen-bond acceptors (Lipinski definition) is 2. The SMILES string of the molecule is Cc1ccc(Cl)cc1Oc1cc(Cl)ccc1CO. The lowest BCUT2D eigenvalue weighted by molar-refractivity contribution is 0.276. The first-order chi connectivity index (χ1) is 8.60. The van der Waals surface area contributed by atoms with Crippen molar-refractivity contribution >= 4 is 23.2 Å². The highest BCUT2D eigenvalue weighted by atomic mass is 35.5. The van der Waals surface area contributed by atoms with Crippen molar-refractivity contribution in [3.05, 3.63) is 57.6 Å². The van der Waals surface area contributed by atoms with Crippen molar-refractivity contribution in [1.29, 1.82) is 0 Å². The van der Waals surface area contributed by atoms with Crippen LogP contribution in [-0.4, -0.2) is 5.11 Å². The molecule has 1 N–H and O–H groups in total. The van der Waals surface area contributed by atoms with E-state index >= 15 is 0 Å². The van der Waals surface area contributed by atoms with Crippen molar-refractivity contribution in [2.24, 2.45) is 0 Å². The van der Waals surface area contributed by atoms with Crippen LogP contribution >= 0.6 is 23.2 Å². The second-order valence-corrected chi connectivity index (χ2v) is 4.79. The summed E-state index contributed by atoms with van der Waals surface area (Å²) < 4.78 is 5.76. The van der Waals surface area contributed by atoms with Crippen LogP contribution in [0.3, 0.4) is 0 Å². The summed E-state index contributed by atoms with van der Waals surface area (Å²) in [6, 6.07) is 10.5. The zero-order valence-electron chi connectivity index (χ0n) is 9.78. The molecule has 0 atom stereocenters. The molecule has 2 aromatic rings. The molecule has 0 radical (unpaired) electrons. The van der Waals surface area contributed by atoms with Gasteiger partial charge in [0.05, 0.1) is 6.61 Å². The summed E-state index contributed by atoms with van der Waals surface area (Å²) in [5.41, 5.74) is 1.64. The summed E-state index contributed by atoms with van der Waals surface area (Å²) >= 11 is 11.9. The second-order valence-electron chi connectivity index (χ2n) is 3.92. The molecule has 0 fully saturated rings. The van der Waals surface area contributed by atoms with Gasteiger partial charge in [0.1, 0.15) is 11.5 Å². The van der Waals surface area contributed by atoms with Crippen LogP contribution in [0.4, 0.5) is 0 Å². The minimum absolute atomic E-state index is 0.105. The number of rotatable bonds is 3. The summed E-state index contributed by atoms with van der Waals surface area (Å²) in [7, 11) is 0. The Morgan fingerprint density at radius 2 is 1.61 bits per heavy atom. The van der Waals surface area contributed by atoms with Crippen molar-refractivity contribution < 1.29 is 9.84 Å². The zero-order chi connectivity index (χ0) is 13.1. The van der Waals surface area contributed by atoms with E-state index in [1.807, 2.05) is 13.0 Å². The molecule has 0 aliphatic rings. The van der Waals surface area contributed by atoms with E-state index in [2.05, 4.69) is 0 Å². The number of benzene rings is 2. The summed E-state index contributed by atoms with van der Waals surface area (Å²) in [5, 5.41) is 10.4. The monoisotopic (exact) mass is 282 g/mol. The van der Waals surface area contributed by atoms with Gasteiger partial charge in [-0.25, -0.2) is 0 Å². The fraction of sp³-hybridized carbons (Fsp3) is 0.143. The molecule has 0 heterocycles. The van der Waals surface area contributed by atoms with Crippen LogP contribution in [0.1, 0.15) is 11.1 Å². The fourth-order valence-corrected chi connectivity index (χ4v) is 1.88. The number of aliphatic hydroxyl groups excluding tert-OH is 1. The number of hydrogen-bond donors (Lipinski definition) is 1. The zero-order valence-corrected chi connectivity index (χ0v) is 11.3. The normalized spacial score (nSPS) is 10.4. The average molecular weight is 283 g/mol. The molecule has 18 heavy (non-hydrogen) atoms. The van der Waals surface area contributed by atoms with Crippen molar-refractivity contribution in [2.75, 3.05) is 0 Å². The average Bonchev–Trinajstić information content (AvgIpc) is 2.34. The van der Waals surface area contributed by atoms with Crippen LogP contribution in [0.2, 0.25) is 10.0 Å². The largest absolute Gasteiger partial charge is 0.457 e. The standard InChI is InChI=1S/C14H12Cl2O2/c1-9-2-4-11(15)6-13(9)18-14-7-12(16)5-3-10(14)8-17/h2-7,17H,8H2,1H3. The van der Waals surface area contributed by atoms with E-state index < -0.39 is 0 Å². The third-order valence-corrected chi connectivity index (χ3v) is 3.04. The molecule has 0 bridgehead atoms. The van der Waals surface area contributed by atoms with E-state index in [1.54, 1.807) is 30.3 Å². The molecule has 0 saturated carbocycles. The fourth-order valence-electron chi connectivity index (χ4n) is 1.56. The van der Waals surface area contributed by atoms with Gasteiger partial charge in [0.25, 0.3) is 0 Å². The summed E-state index contributed by atoms with van der Waals surface area (Å²) in [4.78, 5) is 0. The maximum absolute atomic E-state index is 9.26. The third-order valence-electron chi connectivity index (χ3n) is 2.57. The molecular weight excluding hydrogens is 271 g/mol. The van der Waals surface area contributed by atoms with E-state index in [1.165, 1.54) is 0 Å². The van der Waals surface area contributed by atoms with Crippen molar-refractivity contribution in [2.45, 2.75) is 13.5 Å². The van der Waals surface area contributed by atoms with Crippen LogP contribution in [0, 0.1) is 6.92 Å². The maximum Gasteiger partial charge on any atom is 0.134 e. The lowest BCUT2D eigenvalue weighted by atomic mass is 10.2. The van der Waals surface area contributed by atoms with Crippen LogP contribution < -0.4 is 4.74 Å².